The van der Waals surface area contributed by atoms with E-state index in [2.05, 4.69) is 17.6 Å². The minimum atomic E-state index is -1.00. The fourth-order valence-electron chi connectivity index (χ4n) is 4.76. The predicted octanol–water partition coefficient (Wildman–Crippen LogP) is 6.12. The van der Waals surface area contributed by atoms with Gasteiger partial charge in [-0.1, -0.05) is 57.0 Å². The Balaban J connectivity index is 2.61. The molecule has 0 fully saturated rings. The Kier molecular flexibility index (Phi) is 12.7. The maximum absolute atomic E-state index is 14.5. The van der Waals surface area contributed by atoms with E-state index in [1.807, 2.05) is 45.9 Å². The van der Waals surface area contributed by atoms with Crippen molar-refractivity contribution in [2.75, 3.05) is 6.54 Å². The number of rotatable bonds is 13. The first-order valence-electron chi connectivity index (χ1n) is 14.7. The number of aryl methyl sites for hydroxylation is 1. The number of hydrogen-bond acceptors (Lipinski definition) is 5. The average Bonchev–Trinajstić information content (AvgIpc) is 2.88. The molecule has 0 heterocycles. The molecule has 41 heavy (non-hydrogen) atoms. The molecule has 2 aromatic rings. The van der Waals surface area contributed by atoms with Crippen LogP contribution in [0.2, 0.25) is 0 Å². The molecule has 0 radical (unpaired) electrons. The summed E-state index contributed by atoms with van der Waals surface area (Å²) in [6, 6.07) is 10.4. The summed E-state index contributed by atoms with van der Waals surface area (Å²) in [5.74, 6) is -0.513. The number of nitrogens with zero attached hydrogens (tertiary/aromatic N) is 1. The molecule has 8 heteroatoms. The summed E-state index contributed by atoms with van der Waals surface area (Å²) in [7, 11) is 0. The molecule has 3 atom stereocenters. The van der Waals surface area contributed by atoms with Gasteiger partial charge < -0.3 is 25.4 Å². The number of carbonyl (C=O) groups is 3. The fourth-order valence-corrected chi connectivity index (χ4v) is 4.76. The molecule has 0 bridgehead atoms. The first-order chi connectivity index (χ1) is 19.3. The molecule has 2 aromatic carbocycles. The van der Waals surface area contributed by atoms with Gasteiger partial charge in [-0.3, -0.25) is 9.59 Å². The molecule has 0 saturated carbocycles. The van der Waals surface area contributed by atoms with E-state index in [0.717, 1.165) is 41.5 Å². The minimum Gasteiger partial charge on any atom is -0.508 e. The number of carbonyl (C=O) groups excluding carboxylic acids is 3. The van der Waals surface area contributed by atoms with Crippen molar-refractivity contribution in [3.63, 3.8) is 0 Å². The predicted molar refractivity (Wildman–Crippen MR) is 163 cm³/mol. The SMILES string of the molecule is CCCCN(C(=O)C(Cc1ccc(O)cc1)NC(=O)OC(C)(C)C)C(C(=O)NC(C)CCC)c1cccc(C)c1C. The summed E-state index contributed by atoms with van der Waals surface area (Å²) in [4.78, 5) is 43.0. The zero-order valence-electron chi connectivity index (χ0n) is 26.0. The van der Waals surface area contributed by atoms with Crippen LogP contribution in [0.15, 0.2) is 42.5 Å². The lowest BCUT2D eigenvalue weighted by Gasteiger charge is -2.36. The molecule has 8 nitrogen and oxygen atoms in total. The van der Waals surface area contributed by atoms with Gasteiger partial charge in [-0.25, -0.2) is 4.79 Å². The largest absolute Gasteiger partial charge is 0.508 e. The van der Waals surface area contributed by atoms with Gasteiger partial charge in [-0.2, -0.15) is 0 Å². The highest BCUT2D eigenvalue weighted by Gasteiger charge is 2.37. The van der Waals surface area contributed by atoms with E-state index >= 15 is 0 Å². The molecule has 0 aliphatic carbocycles. The van der Waals surface area contributed by atoms with Gasteiger partial charge in [0, 0.05) is 19.0 Å². The lowest BCUT2D eigenvalue weighted by atomic mass is 9.94. The monoisotopic (exact) mass is 567 g/mol. The smallest absolute Gasteiger partial charge is 0.408 e. The highest BCUT2D eigenvalue weighted by atomic mass is 16.6. The summed E-state index contributed by atoms with van der Waals surface area (Å²) in [5.41, 5.74) is 2.72. The maximum atomic E-state index is 14.5. The van der Waals surface area contributed by atoms with Crippen molar-refractivity contribution in [1.82, 2.24) is 15.5 Å². The van der Waals surface area contributed by atoms with Crippen molar-refractivity contribution < 1.29 is 24.2 Å². The van der Waals surface area contributed by atoms with Gasteiger partial charge >= 0.3 is 6.09 Å². The molecule has 0 aliphatic heterocycles. The van der Waals surface area contributed by atoms with Crippen LogP contribution in [0.4, 0.5) is 4.79 Å². The lowest BCUT2D eigenvalue weighted by Crippen LogP contribution is -2.54. The van der Waals surface area contributed by atoms with E-state index in [1.54, 1.807) is 49.9 Å². The van der Waals surface area contributed by atoms with Crippen LogP contribution in [0.3, 0.4) is 0 Å². The zero-order valence-corrected chi connectivity index (χ0v) is 26.0. The topological polar surface area (TPSA) is 108 Å². The molecule has 3 unspecified atom stereocenters. The van der Waals surface area contributed by atoms with E-state index in [-0.39, 0.29) is 30.0 Å². The Morgan fingerprint density at radius 1 is 0.976 bits per heavy atom. The summed E-state index contributed by atoms with van der Waals surface area (Å²) in [6.07, 6.45) is 2.69. The van der Waals surface area contributed by atoms with Gasteiger partial charge in [0.1, 0.15) is 23.4 Å². The van der Waals surface area contributed by atoms with Crippen molar-refractivity contribution >= 4 is 17.9 Å². The maximum Gasteiger partial charge on any atom is 0.408 e. The number of aromatic hydroxyl groups is 1. The molecule has 0 spiro atoms. The van der Waals surface area contributed by atoms with Crippen LogP contribution in [0.1, 0.15) is 95.5 Å². The summed E-state index contributed by atoms with van der Waals surface area (Å²) in [6.45, 7) is 15.6. The van der Waals surface area contributed by atoms with Crippen LogP contribution < -0.4 is 10.6 Å². The Bertz CT molecular complexity index is 1160. The van der Waals surface area contributed by atoms with Gasteiger partial charge in [-0.05, 0) is 88.8 Å². The molecular weight excluding hydrogens is 518 g/mol. The van der Waals surface area contributed by atoms with E-state index in [1.165, 1.54) is 0 Å². The Morgan fingerprint density at radius 2 is 1.63 bits per heavy atom. The number of phenols is 1. The molecule has 3 N–H and O–H groups in total. The number of benzene rings is 2. The minimum absolute atomic E-state index is 0.0593. The second-order valence-electron chi connectivity index (χ2n) is 11.8. The summed E-state index contributed by atoms with van der Waals surface area (Å²) >= 11 is 0. The first kappa shape index (κ1) is 33.7. The summed E-state index contributed by atoms with van der Waals surface area (Å²) in [5, 5.41) is 15.7. The van der Waals surface area contributed by atoms with Crippen molar-refractivity contribution in [2.24, 2.45) is 0 Å². The molecule has 2 rings (SSSR count). The number of nitrogens with one attached hydrogen (secondary N) is 2. The van der Waals surface area contributed by atoms with E-state index in [9.17, 15) is 19.5 Å². The van der Waals surface area contributed by atoms with E-state index < -0.39 is 23.8 Å². The van der Waals surface area contributed by atoms with Crippen molar-refractivity contribution in [3.8, 4) is 5.75 Å². The van der Waals surface area contributed by atoms with Crippen LogP contribution in [-0.4, -0.2) is 52.1 Å². The second-order valence-corrected chi connectivity index (χ2v) is 11.8. The van der Waals surface area contributed by atoms with Gasteiger partial charge in [0.15, 0.2) is 0 Å². The van der Waals surface area contributed by atoms with Crippen LogP contribution in [0, 0.1) is 13.8 Å². The van der Waals surface area contributed by atoms with Gasteiger partial charge in [0.05, 0.1) is 0 Å². The van der Waals surface area contributed by atoms with E-state index in [0.29, 0.717) is 13.0 Å². The quantitative estimate of drug-likeness (QED) is 0.270. The third-order valence-corrected chi connectivity index (χ3v) is 7.01. The van der Waals surface area contributed by atoms with Crippen molar-refractivity contribution in [3.05, 3.63) is 64.7 Å². The van der Waals surface area contributed by atoms with Gasteiger partial charge in [0.2, 0.25) is 11.8 Å². The van der Waals surface area contributed by atoms with Crippen LogP contribution >= 0.6 is 0 Å². The van der Waals surface area contributed by atoms with Crippen LogP contribution in [0.25, 0.3) is 0 Å². The average molecular weight is 568 g/mol. The Labute approximate surface area is 245 Å². The third-order valence-electron chi connectivity index (χ3n) is 7.01. The molecule has 0 saturated heterocycles. The number of hydrogen-bond donors (Lipinski definition) is 3. The summed E-state index contributed by atoms with van der Waals surface area (Å²) < 4.78 is 5.50. The normalized spacial score (nSPS) is 13.6. The van der Waals surface area contributed by atoms with Crippen molar-refractivity contribution in [2.45, 2.75) is 111 Å². The van der Waals surface area contributed by atoms with Crippen LogP contribution in [0.5, 0.6) is 5.75 Å². The van der Waals surface area contributed by atoms with Gasteiger partial charge in [-0.15, -0.1) is 0 Å². The number of phenolic OH excluding ortho intramolecular Hbond substituents is 1. The number of amides is 3. The number of alkyl carbamates (subject to hydrolysis) is 1. The first-order valence-corrected chi connectivity index (χ1v) is 14.7. The molecule has 3 amide bonds. The van der Waals surface area contributed by atoms with Gasteiger partial charge in [0.25, 0.3) is 0 Å². The molecule has 0 aromatic heterocycles. The van der Waals surface area contributed by atoms with Crippen LogP contribution in [-0.2, 0) is 20.7 Å². The third kappa shape index (κ3) is 10.4. The fraction of sp³-hybridized carbons (Fsp3) is 0.545. The lowest BCUT2D eigenvalue weighted by molar-refractivity contribution is -0.142. The second kappa shape index (κ2) is 15.5. The zero-order chi connectivity index (χ0) is 30.7. The highest BCUT2D eigenvalue weighted by Crippen LogP contribution is 2.28. The highest BCUT2D eigenvalue weighted by molar-refractivity contribution is 5.92. The Morgan fingerprint density at radius 3 is 2.22 bits per heavy atom. The van der Waals surface area contributed by atoms with Crippen molar-refractivity contribution in [1.29, 1.82) is 0 Å². The molecule has 226 valence electrons. The Hall–Kier alpha value is -3.55. The molecule has 0 aliphatic rings. The number of unbranched alkanes of at least 4 members (excludes halogenated alkanes) is 1. The standard InChI is InChI=1S/C33H49N3O5/c1-9-11-20-36(29(30(38)34-23(4)13-10-2)27-15-12-14-22(3)24(27)5)31(39)28(35-32(40)41-33(6,7)8)21-25-16-18-26(37)19-17-25/h12,14-19,23,28-29,37H,9-11,13,20-21H2,1-8H3,(H,34,38)(H,35,40). The van der Waals surface area contributed by atoms with E-state index in [4.69, 9.17) is 4.74 Å². The number of ether oxygens (including phenoxy) is 1. The molecular formula is C33H49N3O5.